The average molecular weight is 281 g/mol. The van der Waals surface area contributed by atoms with Crippen molar-refractivity contribution in [2.24, 2.45) is 23.1 Å². The first-order valence-electron chi connectivity index (χ1n) is 5.45. The van der Waals surface area contributed by atoms with Crippen LogP contribution < -0.4 is 17.2 Å². The van der Waals surface area contributed by atoms with Gasteiger partial charge in [-0.1, -0.05) is 20.3 Å². The third-order valence-electron chi connectivity index (χ3n) is 1.89. The molecule has 9 heteroatoms. The zero-order chi connectivity index (χ0) is 16.0. The summed E-state index contributed by atoms with van der Waals surface area (Å²) >= 11 is 0. The molecule has 0 radical (unpaired) electrons. The second-order valence-corrected chi connectivity index (χ2v) is 3.45. The molecule has 0 heterocycles. The van der Waals surface area contributed by atoms with Gasteiger partial charge in [0.1, 0.15) is 6.04 Å². The lowest BCUT2D eigenvalue weighted by atomic mass is 10.0. The van der Waals surface area contributed by atoms with Gasteiger partial charge >= 0.3 is 17.9 Å². The molecule has 114 valence electrons. The standard InChI is InChI=1S/C6H13NO2.2C2H5NO2/c1-3-4(2)5(7)6(8)9;2*3-1-2(4)5/h4-5H,3,7H2,1-2H3,(H,8,9);2*1,3H2,(H,4,5). The highest BCUT2D eigenvalue weighted by molar-refractivity contribution is 5.73. The molecule has 0 aromatic heterocycles. The van der Waals surface area contributed by atoms with Crippen LogP contribution in [0.25, 0.3) is 0 Å². The van der Waals surface area contributed by atoms with Gasteiger partial charge in [0, 0.05) is 0 Å². The van der Waals surface area contributed by atoms with Crippen LogP contribution in [0.3, 0.4) is 0 Å². The van der Waals surface area contributed by atoms with Gasteiger partial charge in [-0.05, 0) is 5.92 Å². The van der Waals surface area contributed by atoms with Gasteiger partial charge in [0.05, 0.1) is 13.1 Å². The van der Waals surface area contributed by atoms with Crippen LogP contribution in [0.2, 0.25) is 0 Å². The maximum absolute atomic E-state index is 10.2. The number of aliphatic carboxylic acids is 3. The lowest BCUT2D eigenvalue weighted by molar-refractivity contribution is -0.140. The van der Waals surface area contributed by atoms with E-state index in [1.807, 2.05) is 13.8 Å². The molecule has 0 saturated carbocycles. The topological polar surface area (TPSA) is 190 Å². The highest BCUT2D eigenvalue weighted by Crippen LogP contribution is 2.04. The molecular weight excluding hydrogens is 258 g/mol. The Bertz CT molecular complexity index is 258. The van der Waals surface area contributed by atoms with Crippen LogP contribution in [0.15, 0.2) is 0 Å². The van der Waals surface area contributed by atoms with Gasteiger partial charge in [-0.2, -0.15) is 0 Å². The lowest BCUT2D eigenvalue weighted by Crippen LogP contribution is -2.36. The molecule has 0 spiro atoms. The number of carboxylic acid groups (broad SMARTS) is 3. The lowest BCUT2D eigenvalue weighted by Gasteiger charge is -2.11. The molecule has 19 heavy (non-hydrogen) atoms. The number of carbonyl (C=O) groups is 3. The average Bonchev–Trinajstić information content (AvgIpc) is 2.37. The molecule has 0 rings (SSSR count). The third-order valence-corrected chi connectivity index (χ3v) is 1.89. The fraction of sp³-hybridized carbons (Fsp3) is 0.700. The normalized spacial score (nSPS) is 11.8. The summed E-state index contributed by atoms with van der Waals surface area (Å²) in [6.45, 7) is 3.20. The molecule has 2 unspecified atom stereocenters. The Labute approximate surface area is 111 Å². The molecule has 0 aliphatic heterocycles. The fourth-order valence-electron chi connectivity index (χ4n) is 0.497. The van der Waals surface area contributed by atoms with Crippen molar-refractivity contribution in [3.63, 3.8) is 0 Å². The van der Waals surface area contributed by atoms with Crippen LogP contribution in [0, 0.1) is 5.92 Å². The summed E-state index contributed by atoms with van der Waals surface area (Å²) < 4.78 is 0. The Balaban J connectivity index is -0.000000219. The van der Waals surface area contributed by atoms with Crippen LogP contribution in [-0.2, 0) is 14.4 Å². The SMILES string of the molecule is CCC(C)C(N)C(=O)O.NCC(=O)O.NCC(=O)O. The number of carboxylic acids is 3. The Morgan fingerprint density at radius 2 is 1.26 bits per heavy atom. The van der Waals surface area contributed by atoms with E-state index >= 15 is 0 Å². The van der Waals surface area contributed by atoms with E-state index in [2.05, 4.69) is 11.5 Å². The number of rotatable bonds is 5. The van der Waals surface area contributed by atoms with Crippen molar-refractivity contribution in [1.29, 1.82) is 0 Å². The molecular formula is C10H23N3O6. The summed E-state index contributed by atoms with van der Waals surface area (Å²) in [6, 6.07) is -0.699. The molecule has 2 atom stereocenters. The summed E-state index contributed by atoms with van der Waals surface area (Å²) in [5.41, 5.74) is 14.4. The fourth-order valence-corrected chi connectivity index (χ4v) is 0.497. The largest absolute Gasteiger partial charge is 0.480 e. The van der Waals surface area contributed by atoms with Crippen LogP contribution in [-0.4, -0.2) is 52.4 Å². The van der Waals surface area contributed by atoms with Gasteiger partial charge in [0.15, 0.2) is 0 Å². The third kappa shape index (κ3) is 22.0. The van der Waals surface area contributed by atoms with Gasteiger partial charge in [-0.15, -0.1) is 0 Å². The van der Waals surface area contributed by atoms with Crippen molar-refractivity contribution < 1.29 is 29.7 Å². The van der Waals surface area contributed by atoms with E-state index < -0.39 is 23.9 Å². The maximum atomic E-state index is 10.2. The molecule has 9 nitrogen and oxygen atoms in total. The van der Waals surface area contributed by atoms with E-state index in [-0.39, 0.29) is 19.0 Å². The van der Waals surface area contributed by atoms with Crippen LogP contribution in [0.4, 0.5) is 0 Å². The second-order valence-electron chi connectivity index (χ2n) is 3.45. The van der Waals surface area contributed by atoms with Crippen molar-refractivity contribution in [3.8, 4) is 0 Å². The van der Waals surface area contributed by atoms with Gasteiger partial charge < -0.3 is 32.5 Å². The van der Waals surface area contributed by atoms with E-state index in [1.54, 1.807) is 0 Å². The number of hydrogen-bond acceptors (Lipinski definition) is 6. The molecule has 0 amide bonds. The molecule has 0 bridgehead atoms. The molecule has 0 aromatic carbocycles. The van der Waals surface area contributed by atoms with Crippen LogP contribution in [0.5, 0.6) is 0 Å². The molecule has 0 aromatic rings. The minimum atomic E-state index is -0.968. The van der Waals surface area contributed by atoms with Crippen molar-refractivity contribution in [1.82, 2.24) is 0 Å². The number of hydrogen-bond donors (Lipinski definition) is 6. The van der Waals surface area contributed by atoms with E-state index in [1.165, 1.54) is 0 Å². The summed E-state index contributed by atoms with van der Waals surface area (Å²) in [4.78, 5) is 28.7. The van der Waals surface area contributed by atoms with Gasteiger partial charge in [0.2, 0.25) is 0 Å². The summed E-state index contributed by atoms with van der Waals surface area (Å²) in [5, 5.41) is 23.6. The molecule has 0 saturated heterocycles. The van der Waals surface area contributed by atoms with E-state index in [4.69, 9.17) is 21.1 Å². The van der Waals surface area contributed by atoms with Crippen molar-refractivity contribution in [2.45, 2.75) is 26.3 Å². The van der Waals surface area contributed by atoms with Crippen LogP contribution in [0.1, 0.15) is 20.3 Å². The molecule has 0 fully saturated rings. The Morgan fingerprint density at radius 3 is 1.32 bits per heavy atom. The zero-order valence-electron chi connectivity index (χ0n) is 11.1. The number of nitrogens with two attached hydrogens (primary N) is 3. The Hall–Kier alpha value is -1.71. The van der Waals surface area contributed by atoms with E-state index in [0.717, 1.165) is 6.42 Å². The molecule has 9 N–H and O–H groups in total. The second kappa shape index (κ2) is 14.4. The predicted molar refractivity (Wildman–Crippen MR) is 68.4 cm³/mol. The first kappa shape index (κ1) is 22.5. The minimum Gasteiger partial charge on any atom is -0.480 e. The maximum Gasteiger partial charge on any atom is 0.320 e. The quantitative estimate of drug-likeness (QED) is 0.348. The first-order chi connectivity index (χ1) is 8.63. The van der Waals surface area contributed by atoms with Crippen molar-refractivity contribution in [2.75, 3.05) is 13.1 Å². The van der Waals surface area contributed by atoms with Gasteiger partial charge in [0.25, 0.3) is 0 Å². The van der Waals surface area contributed by atoms with E-state index in [0.29, 0.717) is 0 Å². The Morgan fingerprint density at radius 1 is 1.00 bits per heavy atom. The highest BCUT2D eigenvalue weighted by atomic mass is 16.4. The zero-order valence-corrected chi connectivity index (χ0v) is 11.1. The molecule has 0 aliphatic rings. The van der Waals surface area contributed by atoms with E-state index in [9.17, 15) is 14.4 Å². The summed E-state index contributed by atoms with van der Waals surface area (Å²) in [7, 11) is 0. The first-order valence-corrected chi connectivity index (χ1v) is 5.45. The summed E-state index contributed by atoms with van der Waals surface area (Å²) in [5.74, 6) is -2.78. The van der Waals surface area contributed by atoms with Crippen LogP contribution >= 0.6 is 0 Å². The van der Waals surface area contributed by atoms with Gasteiger partial charge in [-0.25, -0.2) is 0 Å². The highest BCUT2D eigenvalue weighted by Gasteiger charge is 2.17. The Kier molecular flexibility index (Phi) is 17.0. The smallest absolute Gasteiger partial charge is 0.320 e. The summed E-state index contributed by atoms with van der Waals surface area (Å²) in [6.07, 6.45) is 0.813. The predicted octanol–water partition coefficient (Wildman–Crippen LogP) is -1.50. The molecule has 0 aliphatic carbocycles. The minimum absolute atomic E-state index is 0.0718. The van der Waals surface area contributed by atoms with Gasteiger partial charge in [-0.3, -0.25) is 14.4 Å². The monoisotopic (exact) mass is 281 g/mol. The van der Waals surface area contributed by atoms with Crippen molar-refractivity contribution in [3.05, 3.63) is 0 Å². The van der Waals surface area contributed by atoms with Crippen molar-refractivity contribution >= 4 is 17.9 Å².